The number of pyridine rings is 1. The first kappa shape index (κ1) is 17.7. The van der Waals surface area contributed by atoms with Gasteiger partial charge in [0.15, 0.2) is 11.6 Å². The summed E-state index contributed by atoms with van der Waals surface area (Å²) in [5.41, 5.74) is 0.693. The lowest BCUT2D eigenvalue weighted by atomic mass is 10.0. The van der Waals surface area contributed by atoms with Crippen molar-refractivity contribution in [1.29, 1.82) is 0 Å². The van der Waals surface area contributed by atoms with Gasteiger partial charge >= 0.3 is 0 Å². The predicted octanol–water partition coefficient (Wildman–Crippen LogP) is 2.21. The molecule has 4 rings (SSSR count). The van der Waals surface area contributed by atoms with Crippen LogP contribution in [0, 0.1) is 0 Å². The minimum Gasteiger partial charge on any atom is -0.352 e. The summed E-state index contributed by atoms with van der Waals surface area (Å²) >= 11 is 0. The standard InChI is InChI=1S/C20H26N6O/c1-16-4-2-3-11-26(16)19-6-5-18(22-23-19)24-12-14-25(15-13-24)20(27)17-7-9-21-10-8-17/h5-10,16H,2-4,11-15H2,1H3. The van der Waals surface area contributed by atoms with E-state index in [2.05, 4.69) is 44.0 Å². The fourth-order valence-electron chi connectivity index (χ4n) is 3.89. The molecule has 2 aromatic heterocycles. The maximum atomic E-state index is 12.5. The molecule has 1 unspecified atom stereocenters. The van der Waals surface area contributed by atoms with E-state index in [0.717, 1.165) is 31.3 Å². The molecule has 142 valence electrons. The van der Waals surface area contributed by atoms with Crippen molar-refractivity contribution in [2.45, 2.75) is 32.2 Å². The summed E-state index contributed by atoms with van der Waals surface area (Å²) in [4.78, 5) is 23.0. The highest BCUT2D eigenvalue weighted by molar-refractivity contribution is 5.94. The summed E-state index contributed by atoms with van der Waals surface area (Å²) in [6, 6.07) is 8.20. The highest BCUT2D eigenvalue weighted by Crippen LogP contribution is 2.23. The van der Waals surface area contributed by atoms with Gasteiger partial charge in [-0.2, -0.15) is 0 Å². The average molecular weight is 366 g/mol. The van der Waals surface area contributed by atoms with E-state index in [4.69, 9.17) is 0 Å². The zero-order valence-corrected chi connectivity index (χ0v) is 15.8. The third-order valence-electron chi connectivity index (χ3n) is 5.55. The Kier molecular flexibility index (Phi) is 5.18. The molecule has 0 N–H and O–H groups in total. The Morgan fingerprint density at radius 1 is 0.926 bits per heavy atom. The zero-order valence-electron chi connectivity index (χ0n) is 15.8. The SMILES string of the molecule is CC1CCCCN1c1ccc(N2CCN(C(=O)c3ccncc3)CC2)nn1. The molecule has 4 heterocycles. The van der Waals surface area contributed by atoms with Crippen LogP contribution in [0.2, 0.25) is 0 Å². The molecule has 0 spiro atoms. The van der Waals surface area contributed by atoms with Crippen LogP contribution in [0.3, 0.4) is 0 Å². The van der Waals surface area contributed by atoms with Crippen LogP contribution in [0.15, 0.2) is 36.7 Å². The molecule has 7 heteroatoms. The fourth-order valence-corrected chi connectivity index (χ4v) is 3.89. The summed E-state index contributed by atoms with van der Waals surface area (Å²) in [7, 11) is 0. The van der Waals surface area contributed by atoms with E-state index in [0.29, 0.717) is 24.7 Å². The van der Waals surface area contributed by atoms with Crippen molar-refractivity contribution in [1.82, 2.24) is 20.1 Å². The smallest absolute Gasteiger partial charge is 0.254 e. The molecule has 2 aliphatic heterocycles. The van der Waals surface area contributed by atoms with E-state index >= 15 is 0 Å². The normalized spacial score (nSPS) is 20.6. The molecule has 1 atom stereocenters. The number of rotatable bonds is 3. The topological polar surface area (TPSA) is 65.5 Å². The zero-order chi connectivity index (χ0) is 18.6. The van der Waals surface area contributed by atoms with Crippen molar-refractivity contribution in [2.24, 2.45) is 0 Å². The Morgan fingerprint density at radius 2 is 1.63 bits per heavy atom. The molecular formula is C20H26N6O. The first-order valence-electron chi connectivity index (χ1n) is 9.77. The lowest BCUT2D eigenvalue weighted by Crippen LogP contribution is -2.49. The summed E-state index contributed by atoms with van der Waals surface area (Å²) in [5, 5.41) is 8.94. The number of hydrogen-bond acceptors (Lipinski definition) is 6. The number of carbonyl (C=O) groups excluding carboxylic acids is 1. The van der Waals surface area contributed by atoms with Gasteiger partial charge in [-0.3, -0.25) is 9.78 Å². The second-order valence-electron chi connectivity index (χ2n) is 7.30. The van der Waals surface area contributed by atoms with Crippen molar-refractivity contribution in [3.05, 3.63) is 42.2 Å². The molecule has 1 amide bonds. The number of anilines is 2. The highest BCUT2D eigenvalue weighted by atomic mass is 16.2. The summed E-state index contributed by atoms with van der Waals surface area (Å²) in [6.45, 7) is 6.23. The van der Waals surface area contributed by atoms with Crippen LogP contribution < -0.4 is 9.80 Å². The third kappa shape index (κ3) is 3.86. The molecule has 0 bridgehead atoms. The van der Waals surface area contributed by atoms with Crippen LogP contribution in [-0.2, 0) is 0 Å². The van der Waals surface area contributed by atoms with E-state index < -0.39 is 0 Å². The van der Waals surface area contributed by atoms with Crippen LogP contribution in [0.4, 0.5) is 11.6 Å². The molecule has 2 aromatic rings. The summed E-state index contributed by atoms with van der Waals surface area (Å²) in [5.74, 6) is 1.93. The molecule has 0 aromatic carbocycles. The number of hydrogen-bond donors (Lipinski definition) is 0. The van der Waals surface area contributed by atoms with E-state index in [1.165, 1.54) is 19.3 Å². The van der Waals surface area contributed by atoms with Gasteiger partial charge in [-0.15, -0.1) is 10.2 Å². The average Bonchev–Trinajstić information content (AvgIpc) is 2.74. The Hall–Kier alpha value is -2.70. The number of carbonyl (C=O) groups is 1. The molecule has 2 aliphatic rings. The molecule has 2 saturated heterocycles. The molecule has 27 heavy (non-hydrogen) atoms. The van der Waals surface area contributed by atoms with Gasteiger partial charge in [-0.05, 0) is 50.5 Å². The maximum Gasteiger partial charge on any atom is 0.254 e. The lowest BCUT2D eigenvalue weighted by molar-refractivity contribution is 0.0746. The van der Waals surface area contributed by atoms with Crippen molar-refractivity contribution in [2.75, 3.05) is 42.5 Å². The minimum atomic E-state index is 0.0672. The number of piperazine rings is 1. The highest BCUT2D eigenvalue weighted by Gasteiger charge is 2.24. The van der Waals surface area contributed by atoms with Crippen LogP contribution in [0.1, 0.15) is 36.5 Å². The van der Waals surface area contributed by atoms with Gasteiger partial charge in [0.2, 0.25) is 0 Å². The first-order chi connectivity index (χ1) is 13.2. The van der Waals surface area contributed by atoms with Crippen LogP contribution in [0.5, 0.6) is 0 Å². The quantitative estimate of drug-likeness (QED) is 0.830. The summed E-state index contributed by atoms with van der Waals surface area (Å²) < 4.78 is 0. The first-order valence-corrected chi connectivity index (χ1v) is 9.77. The minimum absolute atomic E-state index is 0.0672. The second kappa shape index (κ2) is 7.90. The van der Waals surface area contributed by atoms with E-state index in [9.17, 15) is 4.79 Å². The molecular weight excluding hydrogens is 340 g/mol. The van der Waals surface area contributed by atoms with Gasteiger partial charge in [0.1, 0.15) is 0 Å². The van der Waals surface area contributed by atoms with Crippen molar-refractivity contribution in [3.63, 3.8) is 0 Å². The fraction of sp³-hybridized carbons (Fsp3) is 0.500. The molecule has 0 saturated carbocycles. The van der Waals surface area contributed by atoms with E-state index in [-0.39, 0.29) is 5.91 Å². The number of amides is 1. The van der Waals surface area contributed by atoms with Gasteiger partial charge in [0, 0.05) is 56.7 Å². The van der Waals surface area contributed by atoms with Crippen LogP contribution in [0.25, 0.3) is 0 Å². The molecule has 0 aliphatic carbocycles. The van der Waals surface area contributed by atoms with Gasteiger partial charge < -0.3 is 14.7 Å². The largest absolute Gasteiger partial charge is 0.352 e. The van der Waals surface area contributed by atoms with Crippen molar-refractivity contribution < 1.29 is 4.79 Å². The van der Waals surface area contributed by atoms with Crippen LogP contribution in [-0.4, -0.2) is 64.8 Å². The molecule has 7 nitrogen and oxygen atoms in total. The summed E-state index contributed by atoms with van der Waals surface area (Å²) in [6.07, 6.45) is 7.05. The van der Waals surface area contributed by atoms with Crippen molar-refractivity contribution in [3.8, 4) is 0 Å². The van der Waals surface area contributed by atoms with E-state index in [1.54, 1.807) is 24.5 Å². The van der Waals surface area contributed by atoms with Gasteiger partial charge in [0.05, 0.1) is 0 Å². The molecule has 0 radical (unpaired) electrons. The Labute approximate surface area is 160 Å². The Bertz CT molecular complexity index is 758. The number of aromatic nitrogens is 3. The van der Waals surface area contributed by atoms with E-state index in [1.807, 2.05) is 4.90 Å². The monoisotopic (exact) mass is 366 g/mol. The third-order valence-corrected chi connectivity index (χ3v) is 5.55. The second-order valence-corrected chi connectivity index (χ2v) is 7.30. The number of nitrogens with zero attached hydrogens (tertiary/aromatic N) is 6. The Morgan fingerprint density at radius 3 is 2.30 bits per heavy atom. The van der Waals surface area contributed by atoms with Gasteiger partial charge in [0.25, 0.3) is 5.91 Å². The number of piperidine rings is 1. The van der Waals surface area contributed by atoms with Crippen LogP contribution >= 0.6 is 0 Å². The maximum absolute atomic E-state index is 12.5. The van der Waals surface area contributed by atoms with Gasteiger partial charge in [-0.25, -0.2) is 0 Å². The van der Waals surface area contributed by atoms with Gasteiger partial charge in [-0.1, -0.05) is 0 Å². The predicted molar refractivity (Wildman–Crippen MR) is 105 cm³/mol. The van der Waals surface area contributed by atoms with Crippen molar-refractivity contribution >= 4 is 17.5 Å². The Balaban J connectivity index is 1.36. The molecule has 2 fully saturated rings. The lowest BCUT2D eigenvalue weighted by Gasteiger charge is -2.36.